The summed E-state index contributed by atoms with van der Waals surface area (Å²) in [6.07, 6.45) is 1.01. The lowest BCUT2D eigenvalue weighted by atomic mass is 10.1. The molecule has 3 amide bonds. The van der Waals surface area contributed by atoms with Crippen molar-refractivity contribution in [3.63, 3.8) is 0 Å². The highest BCUT2D eigenvalue weighted by atomic mass is 32.1. The van der Waals surface area contributed by atoms with E-state index in [2.05, 4.69) is 32.3 Å². The Morgan fingerprint density at radius 2 is 2.00 bits per heavy atom. The van der Waals surface area contributed by atoms with E-state index in [4.69, 9.17) is 0 Å². The van der Waals surface area contributed by atoms with Gasteiger partial charge in [0.1, 0.15) is 0 Å². The molecule has 0 spiro atoms. The standard InChI is InChI=1S/C17H20N4O2S/c1-18-17(23)20-14-4-2-3-13(9-14)19-16(22)11-21-7-5-15-12(10-21)6-8-24-15/h2-4,6,8-9H,5,7,10-11H2,1H3,(H,19,22)(H2,18,20,23). The van der Waals surface area contributed by atoms with E-state index in [0.717, 1.165) is 19.5 Å². The molecule has 0 saturated heterocycles. The number of nitrogens with one attached hydrogen (secondary N) is 3. The molecule has 1 aromatic heterocycles. The lowest BCUT2D eigenvalue weighted by molar-refractivity contribution is -0.117. The van der Waals surface area contributed by atoms with Crippen LogP contribution >= 0.6 is 11.3 Å². The normalized spacial score (nSPS) is 13.9. The maximum Gasteiger partial charge on any atom is 0.318 e. The molecular weight excluding hydrogens is 324 g/mol. The van der Waals surface area contributed by atoms with Crippen LogP contribution in [-0.2, 0) is 17.8 Å². The van der Waals surface area contributed by atoms with Crippen molar-refractivity contribution in [2.45, 2.75) is 13.0 Å². The second-order valence-corrected chi connectivity index (χ2v) is 6.66. The number of hydrogen-bond donors (Lipinski definition) is 3. The smallest absolute Gasteiger partial charge is 0.318 e. The number of nitrogens with zero attached hydrogens (tertiary/aromatic N) is 1. The SMILES string of the molecule is CNC(=O)Nc1cccc(NC(=O)CN2CCc3sccc3C2)c1. The largest absolute Gasteiger partial charge is 0.341 e. The predicted molar refractivity (Wildman–Crippen MR) is 96.5 cm³/mol. The van der Waals surface area contributed by atoms with Gasteiger partial charge in [-0.3, -0.25) is 9.69 Å². The number of fused-ring (bicyclic) bond motifs is 1. The Morgan fingerprint density at radius 3 is 2.79 bits per heavy atom. The Balaban J connectivity index is 1.55. The summed E-state index contributed by atoms with van der Waals surface area (Å²) in [5, 5.41) is 10.2. The number of rotatable bonds is 4. The fourth-order valence-electron chi connectivity index (χ4n) is 2.71. The van der Waals surface area contributed by atoms with E-state index < -0.39 is 0 Å². The molecule has 0 bridgehead atoms. The lowest BCUT2D eigenvalue weighted by Gasteiger charge is -2.26. The molecule has 1 aliphatic rings. The number of hydrogen-bond acceptors (Lipinski definition) is 4. The van der Waals surface area contributed by atoms with Crippen molar-refractivity contribution in [1.29, 1.82) is 0 Å². The minimum absolute atomic E-state index is 0.0502. The molecule has 0 saturated carbocycles. The van der Waals surface area contributed by atoms with E-state index in [-0.39, 0.29) is 11.9 Å². The molecule has 24 heavy (non-hydrogen) atoms. The highest BCUT2D eigenvalue weighted by molar-refractivity contribution is 7.10. The maximum atomic E-state index is 12.3. The molecule has 2 aromatic rings. The van der Waals surface area contributed by atoms with Crippen LogP contribution in [0.5, 0.6) is 0 Å². The van der Waals surface area contributed by atoms with Gasteiger partial charge in [-0.15, -0.1) is 11.3 Å². The van der Waals surface area contributed by atoms with Crippen LogP contribution in [-0.4, -0.2) is 37.0 Å². The highest BCUT2D eigenvalue weighted by Gasteiger charge is 2.19. The van der Waals surface area contributed by atoms with Gasteiger partial charge in [0.05, 0.1) is 6.54 Å². The molecule has 0 unspecified atom stereocenters. The monoisotopic (exact) mass is 344 g/mol. The van der Waals surface area contributed by atoms with Crippen molar-refractivity contribution in [1.82, 2.24) is 10.2 Å². The van der Waals surface area contributed by atoms with Crippen molar-refractivity contribution in [2.75, 3.05) is 30.8 Å². The molecule has 0 radical (unpaired) electrons. The first kappa shape index (κ1) is 16.5. The van der Waals surface area contributed by atoms with Gasteiger partial charge in [-0.2, -0.15) is 0 Å². The predicted octanol–water partition coefficient (Wildman–Crippen LogP) is 2.50. The van der Waals surface area contributed by atoms with Gasteiger partial charge >= 0.3 is 6.03 Å². The zero-order valence-corrected chi connectivity index (χ0v) is 14.3. The molecule has 0 atom stereocenters. The number of urea groups is 1. The summed E-state index contributed by atoms with van der Waals surface area (Å²) in [5.74, 6) is -0.0502. The first-order chi connectivity index (χ1) is 11.6. The van der Waals surface area contributed by atoms with Gasteiger partial charge in [-0.1, -0.05) is 6.07 Å². The summed E-state index contributed by atoms with van der Waals surface area (Å²) in [5.41, 5.74) is 2.63. The van der Waals surface area contributed by atoms with Crippen LogP contribution in [0.1, 0.15) is 10.4 Å². The average Bonchev–Trinajstić information content (AvgIpc) is 3.02. The number of amides is 3. The zero-order valence-electron chi connectivity index (χ0n) is 13.5. The van der Waals surface area contributed by atoms with Gasteiger partial charge in [0.2, 0.25) is 5.91 Å². The minimum Gasteiger partial charge on any atom is -0.341 e. The Labute approximate surface area is 144 Å². The zero-order chi connectivity index (χ0) is 16.9. The van der Waals surface area contributed by atoms with Crippen LogP contribution in [0.15, 0.2) is 35.7 Å². The van der Waals surface area contributed by atoms with E-state index in [0.29, 0.717) is 17.9 Å². The molecule has 2 heterocycles. The number of carbonyl (C=O) groups excluding carboxylic acids is 2. The van der Waals surface area contributed by atoms with Crippen LogP contribution in [0.4, 0.5) is 16.2 Å². The van der Waals surface area contributed by atoms with Gasteiger partial charge in [0, 0.05) is 36.4 Å². The van der Waals surface area contributed by atoms with Gasteiger partial charge in [-0.05, 0) is 41.6 Å². The summed E-state index contributed by atoms with van der Waals surface area (Å²) in [6, 6.07) is 8.95. The number of carbonyl (C=O) groups is 2. The molecule has 1 aliphatic heterocycles. The average molecular weight is 344 g/mol. The summed E-state index contributed by atoms with van der Waals surface area (Å²) < 4.78 is 0. The van der Waals surface area contributed by atoms with E-state index in [1.807, 2.05) is 0 Å². The third-order valence-electron chi connectivity index (χ3n) is 3.89. The summed E-state index contributed by atoms with van der Waals surface area (Å²) >= 11 is 1.79. The van der Waals surface area contributed by atoms with E-state index in [9.17, 15) is 9.59 Å². The quantitative estimate of drug-likeness (QED) is 0.798. The maximum absolute atomic E-state index is 12.3. The second kappa shape index (κ2) is 7.46. The van der Waals surface area contributed by atoms with Crippen molar-refractivity contribution in [3.8, 4) is 0 Å². The van der Waals surface area contributed by atoms with Crippen LogP contribution in [0.3, 0.4) is 0 Å². The van der Waals surface area contributed by atoms with E-state index in [1.54, 1.807) is 42.6 Å². The van der Waals surface area contributed by atoms with Crippen LogP contribution in [0, 0.1) is 0 Å². The van der Waals surface area contributed by atoms with E-state index >= 15 is 0 Å². The third kappa shape index (κ3) is 4.12. The molecule has 126 valence electrons. The van der Waals surface area contributed by atoms with Gasteiger partial charge < -0.3 is 16.0 Å². The number of benzene rings is 1. The first-order valence-corrected chi connectivity index (χ1v) is 8.68. The fourth-order valence-corrected chi connectivity index (χ4v) is 3.60. The fraction of sp³-hybridized carbons (Fsp3) is 0.294. The molecule has 6 nitrogen and oxygen atoms in total. The van der Waals surface area contributed by atoms with Crippen LogP contribution < -0.4 is 16.0 Å². The summed E-state index contributed by atoms with van der Waals surface area (Å²) in [6.45, 7) is 2.09. The summed E-state index contributed by atoms with van der Waals surface area (Å²) in [4.78, 5) is 27.2. The molecule has 0 aliphatic carbocycles. The molecule has 3 N–H and O–H groups in total. The molecular formula is C17H20N4O2S. The molecule has 3 rings (SSSR count). The Hall–Kier alpha value is -2.38. The van der Waals surface area contributed by atoms with Gasteiger partial charge in [0.15, 0.2) is 0 Å². The van der Waals surface area contributed by atoms with Crippen LogP contribution in [0.2, 0.25) is 0 Å². The Morgan fingerprint density at radius 1 is 1.21 bits per heavy atom. The Kier molecular flexibility index (Phi) is 5.12. The second-order valence-electron chi connectivity index (χ2n) is 5.66. The topological polar surface area (TPSA) is 73.5 Å². The Bertz CT molecular complexity index is 744. The van der Waals surface area contributed by atoms with Crippen molar-refractivity contribution in [2.24, 2.45) is 0 Å². The lowest BCUT2D eigenvalue weighted by Crippen LogP contribution is -2.36. The number of thiophene rings is 1. The minimum atomic E-state index is -0.293. The van der Waals surface area contributed by atoms with Crippen molar-refractivity contribution in [3.05, 3.63) is 46.2 Å². The van der Waals surface area contributed by atoms with E-state index in [1.165, 1.54) is 10.4 Å². The van der Waals surface area contributed by atoms with Crippen molar-refractivity contribution < 1.29 is 9.59 Å². The molecule has 7 heteroatoms. The summed E-state index contributed by atoms with van der Waals surface area (Å²) in [7, 11) is 1.55. The highest BCUT2D eigenvalue weighted by Crippen LogP contribution is 2.23. The van der Waals surface area contributed by atoms with Gasteiger partial charge in [-0.25, -0.2) is 4.79 Å². The molecule has 0 fully saturated rings. The van der Waals surface area contributed by atoms with Crippen molar-refractivity contribution >= 4 is 34.6 Å². The molecule has 1 aromatic carbocycles. The number of anilines is 2. The first-order valence-electron chi connectivity index (χ1n) is 7.80. The third-order valence-corrected chi connectivity index (χ3v) is 4.91. The van der Waals surface area contributed by atoms with Crippen LogP contribution in [0.25, 0.3) is 0 Å². The van der Waals surface area contributed by atoms with Gasteiger partial charge in [0.25, 0.3) is 0 Å².